The van der Waals surface area contributed by atoms with Crippen molar-refractivity contribution in [1.29, 1.82) is 0 Å². The second-order valence-electron chi connectivity index (χ2n) is 4.90. The summed E-state index contributed by atoms with van der Waals surface area (Å²) in [6.45, 7) is 4.69. The van der Waals surface area contributed by atoms with Crippen molar-refractivity contribution in [3.05, 3.63) is 17.6 Å². The van der Waals surface area contributed by atoms with Crippen LogP contribution in [0.5, 0.6) is 0 Å². The van der Waals surface area contributed by atoms with Gasteiger partial charge in [0.05, 0.1) is 6.10 Å². The molecule has 0 bridgehead atoms. The lowest BCUT2D eigenvalue weighted by molar-refractivity contribution is 0.0290. The number of nitrogens with zero attached hydrogens (tertiary/aromatic N) is 1. The van der Waals surface area contributed by atoms with Crippen molar-refractivity contribution >= 4 is 16.0 Å². The molecule has 21 heavy (non-hydrogen) atoms. The first-order chi connectivity index (χ1) is 9.86. The standard InChI is InChI=1S/C13H19NO6S/c1-3-19-10-4-6-14(7-5-10)21(17,18)12-8-11(13(15)16)20-9(12)2/h8,10H,3-7H2,1-2H3,(H,15,16). The summed E-state index contributed by atoms with van der Waals surface area (Å²) in [4.78, 5) is 10.8. The summed E-state index contributed by atoms with van der Waals surface area (Å²) in [6.07, 6.45) is 1.35. The normalized spacial score (nSPS) is 18.0. The molecule has 2 heterocycles. The number of ether oxygens (including phenoxy) is 1. The highest BCUT2D eigenvalue weighted by atomic mass is 32.2. The zero-order valence-corrected chi connectivity index (χ0v) is 12.9. The molecule has 1 aromatic heterocycles. The number of carbonyl (C=O) groups is 1. The molecule has 0 saturated carbocycles. The van der Waals surface area contributed by atoms with Crippen molar-refractivity contribution in [3.63, 3.8) is 0 Å². The third-order valence-electron chi connectivity index (χ3n) is 3.50. The van der Waals surface area contributed by atoms with Crippen LogP contribution in [-0.4, -0.2) is 49.6 Å². The number of aryl methyl sites for hydroxylation is 1. The molecule has 0 aromatic carbocycles. The summed E-state index contributed by atoms with van der Waals surface area (Å²) in [7, 11) is -3.72. The van der Waals surface area contributed by atoms with E-state index in [1.54, 1.807) is 0 Å². The summed E-state index contributed by atoms with van der Waals surface area (Å²) in [6, 6.07) is 1.07. The van der Waals surface area contributed by atoms with Crippen molar-refractivity contribution < 1.29 is 27.5 Å². The van der Waals surface area contributed by atoms with E-state index in [2.05, 4.69) is 0 Å². The molecule has 0 amide bonds. The number of aromatic carboxylic acids is 1. The smallest absolute Gasteiger partial charge is 0.371 e. The van der Waals surface area contributed by atoms with Crippen LogP contribution in [0.25, 0.3) is 0 Å². The Kier molecular flexibility index (Phi) is 4.70. The first-order valence-electron chi connectivity index (χ1n) is 6.81. The SMILES string of the molecule is CCOC1CCN(S(=O)(=O)c2cc(C(=O)O)oc2C)CC1. The average molecular weight is 317 g/mol. The van der Waals surface area contributed by atoms with Crippen LogP contribution in [0.4, 0.5) is 0 Å². The maximum atomic E-state index is 12.5. The molecule has 2 rings (SSSR count). The Morgan fingerprint density at radius 2 is 2.10 bits per heavy atom. The number of carboxylic acid groups (broad SMARTS) is 1. The molecule has 118 valence electrons. The van der Waals surface area contributed by atoms with E-state index in [1.165, 1.54) is 11.2 Å². The molecule has 0 atom stereocenters. The Balaban J connectivity index is 2.18. The van der Waals surface area contributed by atoms with Gasteiger partial charge < -0.3 is 14.3 Å². The van der Waals surface area contributed by atoms with E-state index < -0.39 is 16.0 Å². The van der Waals surface area contributed by atoms with E-state index in [4.69, 9.17) is 14.3 Å². The molecular weight excluding hydrogens is 298 g/mol. The van der Waals surface area contributed by atoms with E-state index >= 15 is 0 Å². The molecule has 1 N–H and O–H groups in total. The van der Waals surface area contributed by atoms with E-state index in [0.717, 1.165) is 6.07 Å². The van der Waals surface area contributed by atoms with E-state index in [9.17, 15) is 13.2 Å². The summed E-state index contributed by atoms with van der Waals surface area (Å²) < 4.78 is 36.9. The lowest BCUT2D eigenvalue weighted by Crippen LogP contribution is -2.40. The fourth-order valence-corrected chi connectivity index (χ4v) is 4.07. The third kappa shape index (κ3) is 3.28. The predicted octanol–water partition coefficient (Wildman–Crippen LogP) is 1.48. The molecule has 1 aliphatic rings. The number of carboxylic acids is 1. The lowest BCUT2D eigenvalue weighted by Gasteiger charge is -2.30. The van der Waals surface area contributed by atoms with Crippen LogP contribution in [0.3, 0.4) is 0 Å². The second kappa shape index (κ2) is 6.17. The molecule has 0 aliphatic carbocycles. The Morgan fingerprint density at radius 1 is 1.48 bits per heavy atom. The van der Waals surface area contributed by atoms with Crippen LogP contribution in [-0.2, 0) is 14.8 Å². The average Bonchev–Trinajstić information content (AvgIpc) is 2.83. The van der Waals surface area contributed by atoms with Crippen LogP contribution in [0.2, 0.25) is 0 Å². The van der Waals surface area contributed by atoms with Gasteiger partial charge in [0.2, 0.25) is 15.8 Å². The molecule has 1 aliphatic heterocycles. The minimum absolute atomic E-state index is 0.0743. The summed E-state index contributed by atoms with van der Waals surface area (Å²) in [5.74, 6) is -1.55. The van der Waals surface area contributed by atoms with Gasteiger partial charge in [0.15, 0.2) is 0 Å². The van der Waals surface area contributed by atoms with Crippen molar-refractivity contribution in [1.82, 2.24) is 4.31 Å². The summed E-state index contributed by atoms with van der Waals surface area (Å²) in [5, 5.41) is 8.87. The van der Waals surface area contributed by atoms with Crippen molar-refractivity contribution in [2.75, 3.05) is 19.7 Å². The monoisotopic (exact) mass is 317 g/mol. The molecule has 0 unspecified atom stereocenters. The third-order valence-corrected chi connectivity index (χ3v) is 5.51. The highest BCUT2D eigenvalue weighted by molar-refractivity contribution is 7.89. The van der Waals surface area contributed by atoms with Gasteiger partial charge in [0.1, 0.15) is 10.7 Å². The minimum Gasteiger partial charge on any atom is -0.475 e. The van der Waals surface area contributed by atoms with Crippen LogP contribution < -0.4 is 0 Å². The van der Waals surface area contributed by atoms with Gasteiger partial charge in [-0.3, -0.25) is 0 Å². The van der Waals surface area contributed by atoms with E-state index in [1.807, 2.05) is 6.92 Å². The Labute approximate surface area is 123 Å². The largest absolute Gasteiger partial charge is 0.475 e. The van der Waals surface area contributed by atoms with Gasteiger partial charge in [0, 0.05) is 25.8 Å². The van der Waals surface area contributed by atoms with Crippen molar-refractivity contribution in [2.45, 2.75) is 37.7 Å². The molecule has 1 fully saturated rings. The highest BCUT2D eigenvalue weighted by Gasteiger charge is 2.33. The van der Waals surface area contributed by atoms with Gasteiger partial charge >= 0.3 is 5.97 Å². The fourth-order valence-electron chi connectivity index (χ4n) is 2.44. The highest BCUT2D eigenvalue weighted by Crippen LogP contribution is 2.26. The van der Waals surface area contributed by atoms with Crippen molar-refractivity contribution in [2.24, 2.45) is 0 Å². The van der Waals surface area contributed by atoms with Crippen molar-refractivity contribution in [3.8, 4) is 0 Å². The molecule has 1 saturated heterocycles. The van der Waals surface area contributed by atoms with E-state index in [-0.39, 0.29) is 22.5 Å². The van der Waals surface area contributed by atoms with Crippen LogP contribution in [0.15, 0.2) is 15.4 Å². The van der Waals surface area contributed by atoms with Crippen LogP contribution in [0, 0.1) is 6.92 Å². The van der Waals surface area contributed by atoms with Crippen LogP contribution >= 0.6 is 0 Å². The number of hydrogen-bond donors (Lipinski definition) is 1. The molecule has 0 radical (unpaired) electrons. The number of furan rings is 1. The Morgan fingerprint density at radius 3 is 2.57 bits per heavy atom. The van der Waals surface area contributed by atoms with Gasteiger partial charge in [-0.2, -0.15) is 4.31 Å². The number of hydrogen-bond acceptors (Lipinski definition) is 5. The Hall–Kier alpha value is -1.38. The maximum Gasteiger partial charge on any atom is 0.371 e. The van der Waals surface area contributed by atoms with Gasteiger partial charge in [-0.25, -0.2) is 13.2 Å². The summed E-state index contributed by atoms with van der Waals surface area (Å²) in [5.41, 5.74) is 0. The van der Waals surface area contributed by atoms with Crippen LogP contribution in [0.1, 0.15) is 36.1 Å². The fraction of sp³-hybridized carbons (Fsp3) is 0.615. The zero-order valence-electron chi connectivity index (χ0n) is 12.0. The first-order valence-corrected chi connectivity index (χ1v) is 8.25. The molecule has 1 aromatic rings. The van der Waals surface area contributed by atoms with Gasteiger partial charge in [0.25, 0.3) is 0 Å². The topological polar surface area (TPSA) is 97.0 Å². The molecule has 8 heteroatoms. The lowest BCUT2D eigenvalue weighted by atomic mass is 10.1. The Bertz CT molecular complexity index is 613. The predicted molar refractivity (Wildman–Crippen MR) is 73.8 cm³/mol. The van der Waals surface area contributed by atoms with Gasteiger partial charge in [-0.15, -0.1) is 0 Å². The second-order valence-corrected chi connectivity index (χ2v) is 6.80. The minimum atomic E-state index is -3.72. The molecule has 0 spiro atoms. The molecular formula is C13H19NO6S. The number of piperidine rings is 1. The maximum absolute atomic E-state index is 12.5. The summed E-state index contributed by atoms with van der Waals surface area (Å²) >= 11 is 0. The van der Waals surface area contributed by atoms with E-state index in [0.29, 0.717) is 32.5 Å². The zero-order chi connectivity index (χ0) is 15.6. The molecule has 7 nitrogen and oxygen atoms in total. The number of rotatable bonds is 5. The van der Waals surface area contributed by atoms with Gasteiger partial charge in [-0.05, 0) is 26.7 Å². The number of sulfonamides is 1. The quantitative estimate of drug-likeness (QED) is 0.883. The van der Waals surface area contributed by atoms with Gasteiger partial charge in [-0.1, -0.05) is 0 Å². The first kappa shape index (κ1) is 16.0.